The molecule has 2 heterocycles. The zero-order chi connectivity index (χ0) is 26.9. The van der Waals surface area contributed by atoms with E-state index in [0.29, 0.717) is 29.1 Å². The number of hydrogen-bond acceptors (Lipinski definition) is 9. The summed E-state index contributed by atoms with van der Waals surface area (Å²) in [5, 5.41) is 15.7. The van der Waals surface area contributed by atoms with Crippen LogP contribution in [0.5, 0.6) is 5.75 Å². The number of nitrogens with one attached hydrogen (secondary N) is 2. The van der Waals surface area contributed by atoms with E-state index in [-0.39, 0.29) is 18.8 Å². The predicted molar refractivity (Wildman–Crippen MR) is 152 cm³/mol. The van der Waals surface area contributed by atoms with Crippen molar-refractivity contribution in [3.63, 3.8) is 0 Å². The van der Waals surface area contributed by atoms with E-state index in [2.05, 4.69) is 43.5 Å². The van der Waals surface area contributed by atoms with Gasteiger partial charge < -0.3 is 30.3 Å². The lowest BCUT2D eigenvalue weighted by atomic mass is 10.1. The lowest BCUT2D eigenvalue weighted by molar-refractivity contribution is -0.114. The van der Waals surface area contributed by atoms with E-state index in [4.69, 9.17) is 21.4 Å². The van der Waals surface area contributed by atoms with E-state index in [1.165, 1.54) is 12.2 Å². The minimum atomic E-state index is -0.152. The number of aliphatic hydroxyl groups is 1. The molecule has 4 rings (SSSR count). The molecule has 0 bridgehead atoms. The normalized spacial score (nSPS) is 14.1. The third-order valence-electron chi connectivity index (χ3n) is 6.28. The van der Waals surface area contributed by atoms with Gasteiger partial charge in [-0.05, 0) is 36.4 Å². The Balaban J connectivity index is 1.42. The number of methoxy groups -OCH3 is 1. The van der Waals surface area contributed by atoms with Crippen LogP contribution in [0.1, 0.15) is 11.1 Å². The Hall–Kier alpha value is -3.66. The molecule has 1 aliphatic rings. The average Bonchev–Trinajstić information content (AvgIpc) is 2.93. The molecule has 0 radical (unpaired) electrons. The van der Waals surface area contributed by atoms with E-state index in [1.807, 2.05) is 36.4 Å². The van der Waals surface area contributed by atoms with Gasteiger partial charge in [0.25, 0.3) is 0 Å². The average molecular weight is 537 g/mol. The Morgan fingerprint density at radius 3 is 2.71 bits per heavy atom. The summed E-state index contributed by atoms with van der Waals surface area (Å²) in [5.74, 6) is 1.52. The van der Waals surface area contributed by atoms with Crippen LogP contribution in [0.15, 0.2) is 60.8 Å². The number of likely N-dealkylation sites (N-methyl/N-ethyl adjacent to an activating group) is 1. The molecule has 0 atom stereocenters. The highest BCUT2D eigenvalue weighted by molar-refractivity contribution is 6.32. The summed E-state index contributed by atoms with van der Waals surface area (Å²) in [6, 6.07) is 13.8. The van der Waals surface area contributed by atoms with Crippen molar-refractivity contribution in [1.29, 1.82) is 0 Å². The molecule has 1 aromatic heterocycles. The number of carbonyl (C=O) groups is 1. The quantitative estimate of drug-likeness (QED) is 0.315. The number of nitrogens with zero attached hydrogens (tertiary/aromatic N) is 4. The monoisotopic (exact) mass is 536 g/mol. The van der Waals surface area contributed by atoms with Gasteiger partial charge in [0.1, 0.15) is 10.8 Å². The molecule has 0 unspecified atom stereocenters. The molecular weight excluding hydrogens is 504 g/mol. The molecule has 3 N–H and O–H groups in total. The maximum absolute atomic E-state index is 12.0. The van der Waals surface area contributed by atoms with Crippen molar-refractivity contribution in [3.05, 3.63) is 77.0 Å². The number of hydrogen-bond donors (Lipinski definition) is 3. The number of aliphatic hydroxyl groups excluding tert-OH is 1. The molecule has 1 aliphatic heterocycles. The molecule has 0 amide bonds. The van der Waals surface area contributed by atoms with E-state index in [9.17, 15) is 4.79 Å². The molecule has 10 heteroatoms. The van der Waals surface area contributed by atoms with Crippen molar-refractivity contribution < 1.29 is 14.6 Å². The fourth-order valence-corrected chi connectivity index (χ4v) is 4.35. The van der Waals surface area contributed by atoms with E-state index in [1.54, 1.807) is 13.3 Å². The molecule has 0 aliphatic carbocycles. The SMILES string of the molecule is COc1cc(N2CCN(C)CC2)ccc1Nc1ncc(Cl)c(NCc2cccc(CC(=O)/C=C/CO)c2)n1. The van der Waals surface area contributed by atoms with E-state index in [0.717, 1.165) is 48.7 Å². The summed E-state index contributed by atoms with van der Waals surface area (Å²) in [7, 11) is 3.79. The van der Waals surface area contributed by atoms with Gasteiger partial charge >= 0.3 is 0 Å². The van der Waals surface area contributed by atoms with Gasteiger partial charge in [0.05, 0.1) is 25.6 Å². The molecule has 2 aromatic carbocycles. The Bertz CT molecular complexity index is 1280. The fourth-order valence-electron chi connectivity index (χ4n) is 4.20. The van der Waals surface area contributed by atoms with Crippen LogP contribution in [0, 0.1) is 0 Å². The fraction of sp³-hybridized carbons (Fsp3) is 0.321. The van der Waals surface area contributed by atoms with Crippen LogP contribution in [0.4, 0.5) is 23.1 Å². The van der Waals surface area contributed by atoms with Crippen LogP contribution in [-0.2, 0) is 17.8 Å². The molecule has 1 saturated heterocycles. The van der Waals surface area contributed by atoms with Crippen molar-refractivity contribution in [2.75, 3.05) is 62.5 Å². The number of benzene rings is 2. The Kier molecular flexibility index (Phi) is 9.53. The van der Waals surface area contributed by atoms with Crippen LogP contribution < -0.4 is 20.3 Å². The van der Waals surface area contributed by atoms with Crippen LogP contribution >= 0.6 is 11.6 Å². The first-order chi connectivity index (χ1) is 18.4. The summed E-state index contributed by atoms with van der Waals surface area (Å²) in [6.45, 7) is 4.32. The van der Waals surface area contributed by atoms with Crippen molar-refractivity contribution in [3.8, 4) is 5.75 Å². The van der Waals surface area contributed by atoms with Crippen LogP contribution in [-0.4, -0.2) is 72.7 Å². The number of halogens is 1. The molecule has 0 saturated carbocycles. The van der Waals surface area contributed by atoms with Gasteiger partial charge in [-0.2, -0.15) is 4.98 Å². The summed E-state index contributed by atoms with van der Waals surface area (Å²) in [4.78, 5) is 25.5. The maximum atomic E-state index is 12.0. The first-order valence-corrected chi connectivity index (χ1v) is 12.9. The first kappa shape index (κ1) is 27.4. The first-order valence-electron chi connectivity index (χ1n) is 12.5. The summed E-state index contributed by atoms with van der Waals surface area (Å²) in [6.07, 6.45) is 4.65. The molecule has 38 heavy (non-hydrogen) atoms. The topological polar surface area (TPSA) is 103 Å². The second-order valence-corrected chi connectivity index (χ2v) is 9.50. The molecule has 9 nitrogen and oxygen atoms in total. The second-order valence-electron chi connectivity index (χ2n) is 9.09. The molecular formula is C28H33ClN6O3. The van der Waals surface area contributed by atoms with Crippen LogP contribution in [0.3, 0.4) is 0 Å². The lowest BCUT2D eigenvalue weighted by Gasteiger charge is -2.34. The van der Waals surface area contributed by atoms with Gasteiger partial charge in [0.2, 0.25) is 5.95 Å². The van der Waals surface area contributed by atoms with Crippen molar-refractivity contribution in [2.24, 2.45) is 0 Å². The molecule has 200 valence electrons. The number of aromatic nitrogens is 2. The van der Waals surface area contributed by atoms with Crippen molar-refractivity contribution in [2.45, 2.75) is 13.0 Å². The van der Waals surface area contributed by atoms with Crippen LogP contribution in [0.25, 0.3) is 0 Å². The number of rotatable bonds is 11. The third-order valence-corrected chi connectivity index (χ3v) is 6.56. The second kappa shape index (κ2) is 13.2. The Morgan fingerprint density at radius 1 is 1.16 bits per heavy atom. The highest BCUT2D eigenvalue weighted by Crippen LogP contribution is 2.32. The van der Waals surface area contributed by atoms with Crippen LogP contribution in [0.2, 0.25) is 5.02 Å². The number of ether oxygens (including phenoxy) is 1. The zero-order valence-corrected chi connectivity index (χ0v) is 22.4. The minimum absolute atomic E-state index is 0.0642. The third kappa shape index (κ3) is 7.44. The van der Waals surface area contributed by atoms with Crippen molar-refractivity contribution in [1.82, 2.24) is 14.9 Å². The number of ketones is 1. The smallest absolute Gasteiger partial charge is 0.229 e. The summed E-state index contributed by atoms with van der Waals surface area (Å²) >= 11 is 6.37. The van der Waals surface area contributed by atoms with Gasteiger partial charge in [-0.25, -0.2) is 4.98 Å². The number of allylic oxidation sites excluding steroid dienone is 1. The molecule has 1 fully saturated rings. The van der Waals surface area contributed by atoms with Gasteiger partial charge in [-0.3, -0.25) is 4.79 Å². The number of anilines is 4. The van der Waals surface area contributed by atoms with E-state index >= 15 is 0 Å². The Labute approximate surface area is 228 Å². The highest BCUT2D eigenvalue weighted by atomic mass is 35.5. The minimum Gasteiger partial charge on any atom is -0.494 e. The van der Waals surface area contributed by atoms with Gasteiger partial charge in [-0.1, -0.05) is 41.9 Å². The highest BCUT2D eigenvalue weighted by Gasteiger charge is 2.16. The van der Waals surface area contributed by atoms with Gasteiger partial charge in [-0.15, -0.1) is 0 Å². The predicted octanol–water partition coefficient (Wildman–Crippen LogP) is 3.91. The standard InChI is InChI=1S/C28H33ClN6O3/c1-34-10-12-35(13-11-34)22-8-9-25(26(17-22)38-2)32-28-31-19-24(29)27(33-28)30-18-21-6-3-5-20(15-21)16-23(37)7-4-14-36/h3-9,15,17,19,36H,10-14,16,18H2,1-2H3,(H2,30,31,32,33)/b7-4+. The summed E-state index contributed by atoms with van der Waals surface area (Å²) < 4.78 is 5.65. The lowest BCUT2D eigenvalue weighted by Crippen LogP contribution is -2.44. The summed E-state index contributed by atoms with van der Waals surface area (Å²) in [5.41, 5.74) is 3.74. The Morgan fingerprint density at radius 2 is 1.95 bits per heavy atom. The molecule has 3 aromatic rings. The van der Waals surface area contributed by atoms with Gasteiger partial charge in [0, 0.05) is 50.9 Å². The zero-order valence-electron chi connectivity index (χ0n) is 21.7. The molecule has 0 spiro atoms. The number of carbonyl (C=O) groups excluding carboxylic acids is 1. The van der Waals surface area contributed by atoms with Gasteiger partial charge in [0.15, 0.2) is 11.6 Å². The maximum Gasteiger partial charge on any atom is 0.229 e. The van der Waals surface area contributed by atoms with E-state index < -0.39 is 0 Å². The van der Waals surface area contributed by atoms with Crippen molar-refractivity contribution >= 4 is 40.5 Å². The number of piperazine rings is 1. The largest absolute Gasteiger partial charge is 0.494 e.